The molecule has 0 aliphatic carbocycles. The molecule has 0 aliphatic heterocycles. The van der Waals surface area contributed by atoms with Crippen LogP contribution in [0.3, 0.4) is 0 Å². The monoisotopic (exact) mass is 1140 g/mol. The minimum Gasteiger partial charge on any atom is -0.223 e. The van der Waals surface area contributed by atoms with Gasteiger partial charge in [-0.25, -0.2) is 33.7 Å². The summed E-state index contributed by atoms with van der Waals surface area (Å²) in [5.41, 5.74) is 7.30. The molecule has 0 saturated carbocycles. The first-order valence-corrected chi connectivity index (χ1v) is 33.7. The predicted octanol–water partition coefficient (Wildman–Crippen LogP) is 15.8. The second kappa shape index (κ2) is 30.9. The van der Waals surface area contributed by atoms with Gasteiger partial charge in [-0.1, -0.05) is 166 Å². The van der Waals surface area contributed by atoms with Crippen molar-refractivity contribution in [3.8, 4) is 0 Å². The Balaban J connectivity index is 1.58. The zero-order valence-corrected chi connectivity index (χ0v) is 50.9. The van der Waals surface area contributed by atoms with Crippen LogP contribution in [-0.4, -0.2) is 66.2 Å². The van der Waals surface area contributed by atoms with Gasteiger partial charge < -0.3 is 0 Å². The second-order valence-corrected chi connectivity index (χ2v) is 30.5. The van der Waals surface area contributed by atoms with Crippen LogP contribution < -0.4 is 0 Å². The minimum atomic E-state index is -3.89. The van der Waals surface area contributed by atoms with Gasteiger partial charge in [0.2, 0.25) is 0 Å². The van der Waals surface area contributed by atoms with E-state index in [9.17, 15) is 33.7 Å². The summed E-state index contributed by atoms with van der Waals surface area (Å²) in [5.74, 6) is 1.13. The first-order valence-electron chi connectivity index (χ1n) is 26.3. The van der Waals surface area contributed by atoms with Gasteiger partial charge in [-0.2, -0.15) is 11.8 Å². The average Bonchev–Trinajstić information content (AvgIpc) is 3.39. The molecule has 77 heavy (non-hydrogen) atoms. The first kappa shape index (κ1) is 64.5. The van der Waals surface area contributed by atoms with Crippen LogP contribution in [0.25, 0.3) is 0 Å². The van der Waals surface area contributed by atoms with E-state index in [0.29, 0.717) is 35.5 Å². The van der Waals surface area contributed by atoms with E-state index >= 15 is 0 Å². The zero-order chi connectivity index (χ0) is 56.8. The minimum absolute atomic E-state index is 0.121. The van der Waals surface area contributed by atoms with Crippen LogP contribution in [0.4, 0.5) is 0 Å². The van der Waals surface area contributed by atoms with E-state index in [2.05, 4.69) is 12.2 Å². The lowest BCUT2D eigenvalue weighted by Gasteiger charge is -2.19. The fourth-order valence-corrected chi connectivity index (χ4v) is 16.9. The van der Waals surface area contributed by atoms with Gasteiger partial charge >= 0.3 is 0 Å². The number of hydrogen-bond donors (Lipinski definition) is 0. The summed E-state index contributed by atoms with van der Waals surface area (Å²) in [6.07, 6.45) is 19.0. The van der Waals surface area contributed by atoms with Gasteiger partial charge in [0.25, 0.3) is 0 Å². The van der Waals surface area contributed by atoms with E-state index in [4.69, 9.17) is 0 Å². The van der Waals surface area contributed by atoms with Crippen molar-refractivity contribution >= 4 is 51.1 Å². The van der Waals surface area contributed by atoms with Crippen LogP contribution in [0.5, 0.6) is 0 Å². The van der Waals surface area contributed by atoms with Crippen molar-refractivity contribution in [3.05, 3.63) is 215 Å². The van der Waals surface area contributed by atoms with Crippen molar-refractivity contribution in [3.63, 3.8) is 0 Å². The highest BCUT2D eigenvalue weighted by molar-refractivity contribution is 7.99. The van der Waals surface area contributed by atoms with Gasteiger partial charge in [0.1, 0.15) is 0 Å². The Bertz CT molecular complexity index is 3030. The first-order chi connectivity index (χ1) is 36.3. The fourth-order valence-electron chi connectivity index (χ4n) is 8.83. The van der Waals surface area contributed by atoms with E-state index < -0.39 is 60.3 Å². The molecule has 0 bridgehead atoms. The maximum Gasteiger partial charge on any atom is 0.185 e. The van der Waals surface area contributed by atoms with Gasteiger partial charge in [-0.05, 0) is 169 Å². The number of benzene rings is 4. The number of thioether (sulfide) groups is 1. The smallest absolute Gasteiger partial charge is 0.185 e. The topological polar surface area (TPSA) is 137 Å². The molecule has 4 aromatic rings. The van der Waals surface area contributed by atoms with Gasteiger partial charge in [0, 0.05) is 11.5 Å². The van der Waals surface area contributed by atoms with E-state index in [1.54, 1.807) is 145 Å². The third kappa shape index (κ3) is 20.9. The second-order valence-electron chi connectivity index (χ2n) is 20.7. The highest BCUT2D eigenvalue weighted by atomic mass is 32.2. The summed E-state index contributed by atoms with van der Waals surface area (Å²) in [7, 11) is -15.4. The maximum absolute atomic E-state index is 14.4. The van der Waals surface area contributed by atoms with Gasteiger partial charge in [-0.15, -0.1) is 0 Å². The number of hydrogen-bond acceptors (Lipinski definition) is 9. The summed E-state index contributed by atoms with van der Waals surface area (Å²) in [5, 5.41) is -3.72. The summed E-state index contributed by atoms with van der Waals surface area (Å²) in [6.45, 7) is 19.5. The summed E-state index contributed by atoms with van der Waals surface area (Å²) < 4.78 is 114. The van der Waals surface area contributed by atoms with Crippen molar-refractivity contribution in [2.24, 2.45) is 0 Å². The van der Waals surface area contributed by atoms with Crippen LogP contribution >= 0.6 is 11.8 Å². The molecule has 0 radical (unpaired) electrons. The Labute approximate surface area is 468 Å². The largest absolute Gasteiger partial charge is 0.223 e. The Kier molecular flexibility index (Phi) is 25.9. The molecular formula is C64H82O8S5. The van der Waals surface area contributed by atoms with Crippen LogP contribution in [0.15, 0.2) is 234 Å². The van der Waals surface area contributed by atoms with Crippen molar-refractivity contribution in [2.45, 2.75) is 161 Å². The number of sulfone groups is 4. The maximum atomic E-state index is 14.4. The fraction of sp³-hybridized carbons (Fsp3) is 0.375. The summed E-state index contributed by atoms with van der Waals surface area (Å²) >= 11 is 1.61. The lowest BCUT2D eigenvalue weighted by atomic mass is 10.0. The molecule has 416 valence electrons. The molecule has 0 saturated heterocycles. The summed E-state index contributed by atoms with van der Waals surface area (Å²) in [6, 6.07) is 33.4. The third-order valence-corrected chi connectivity index (χ3v) is 22.1. The van der Waals surface area contributed by atoms with Gasteiger partial charge in [0.05, 0.1) is 40.6 Å². The lowest BCUT2D eigenvalue weighted by molar-refractivity contribution is 0.583. The molecule has 13 heteroatoms. The molecule has 0 aromatic heterocycles. The van der Waals surface area contributed by atoms with Crippen LogP contribution in [0.2, 0.25) is 0 Å². The Morgan fingerprint density at radius 2 is 0.571 bits per heavy atom. The van der Waals surface area contributed by atoms with Gasteiger partial charge in [-0.3, -0.25) is 0 Å². The van der Waals surface area contributed by atoms with E-state index in [0.717, 1.165) is 35.1 Å². The molecule has 4 atom stereocenters. The Morgan fingerprint density at radius 1 is 0.338 bits per heavy atom. The predicted molar refractivity (Wildman–Crippen MR) is 325 cm³/mol. The molecule has 0 fully saturated rings. The lowest BCUT2D eigenvalue weighted by Crippen LogP contribution is -2.23. The van der Waals surface area contributed by atoms with Gasteiger partial charge in [0.15, 0.2) is 39.3 Å². The van der Waals surface area contributed by atoms with Crippen LogP contribution in [0, 0.1) is 0 Å². The molecule has 0 N–H and O–H groups in total. The van der Waals surface area contributed by atoms with Crippen molar-refractivity contribution in [1.29, 1.82) is 0 Å². The van der Waals surface area contributed by atoms with Crippen molar-refractivity contribution in [1.82, 2.24) is 0 Å². The number of rotatable bonds is 30. The molecule has 0 amide bonds. The molecule has 8 nitrogen and oxygen atoms in total. The molecule has 0 aliphatic rings. The summed E-state index contributed by atoms with van der Waals surface area (Å²) in [4.78, 5) is 0.806. The van der Waals surface area contributed by atoms with Crippen LogP contribution in [-0.2, 0) is 39.3 Å². The molecule has 4 aromatic carbocycles. The molecule has 0 spiro atoms. The van der Waals surface area contributed by atoms with Crippen LogP contribution in [0.1, 0.15) is 121 Å². The van der Waals surface area contributed by atoms with Crippen molar-refractivity contribution in [2.75, 3.05) is 11.5 Å². The van der Waals surface area contributed by atoms with E-state index in [-0.39, 0.29) is 45.3 Å². The molecule has 0 heterocycles. The average molecular weight is 1140 g/mol. The van der Waals surface area contributed by atoms with E-state index in [1.165, 1.54) is 11.1 Å². The van der Waals surface area contributed by atoms with Crippen molar-refractivity contribution < 1.29 is 33.7 Å². The Hall–Kier alpha value is -5.05. The SMILES string of the molecule is CC(C)=CCC/C(C)=C/C(C/C(C)=C/C(C/C(C)=C/CSC/C=C(\C)CC(/C=C(\C)CC(/C=C(\C)CCC=C(C)C)S(=O)(=O)c1ccccc1)S(=O)(=O)c1ccccc1)S(=O)(=O)c1ccccc1)S(=O)(=O)c1ccccc1. The quantitative estimate of drug-likeness (QED) is 0.0369. The zero-order valence-electron chi connectivity index (χ0n) is 46.9. The normalized spacial score (nSPS) is 15.4. The third-order valence-electron chi connectivity index (χ3n) is 13.1. The molecular weight excluding hydrogens is 1060 g/mol. The number of allylic oxidation sites excluding steroid dienone is 10. The Morgan fingerprint density at radius 3 is 0.818 bits per heavy atom. The highest BCUT2D eigenvalue weighted by Crippen LogP contribution is 2.31. The van der Waals surface area contributed by atoms with E-state index in [1.807, 2.05) is 93.5 Å². The molecule has 4 rings (SSSR count). The highest BCUT2D eigenvalue weighted by Gasteiger charge is 2.31. The molecule has 4 unspecified atom stereocenters. The standard InChI is InChI=1S/C64H82O8S5/c1-49(2)25-23-27-51(5)41-61(74(65,66)57-29-15-11-16-30-57)45-55(9)47-63(76(69,70)59-33-19-13-20-34-59)43-53(7)37-39-73-40-38-54(8)44-64(77(71,72)60-35-21-14-22-36-60)48-56(10)46-62(42-52(6)28-24-26-50(3)4)75(67,68)58-31-17-12-18-32-58/h11-22,25-26,29-38,41-42,47-48,61-64H,23-24,27-28,39-40,43-46H2,1-10H3/b51-41+,52-42+,53-37+,54-38+,55-47+,56-48+.